The number of benzene rings is 1. The number of amides is 9. The summed E-state index contributed by atoms with van der Waals surface area (Å²) in [7, 11) is 3.04. The van der Waals surface area contributed by atoms with Crippen LogP contribution in [0.5, 0.6) is 0 Å². The van der Waals surface area contributed by atoms with Gasteiger partial charge in [-0.3, -0.25) is 43.3 Å². The van der Waals surface area contributed by atoms with E-state index in [4.69, 9.17) is 0 Å². The average Bonchev–Trinajstić information content (AvgIpc) is 3.63. The van der Waals surface area contributed by atoms with Gasteiger partial charge in [-0.1, -0.05) is 59.2 Å². The van der Waals surface area contributed by atoms with Gasteiger partial charge >= 0.3 is 6.03 Å². The van der Waals surface area contributed by atoms with E-state index in [0.29, 0.717) is 12.1 Å². The van der Waals surface area contributed by atoms with Crippen molar-refractivity contribution in [2.24, 2.45) is 17.8 Å². The number of hydrogen-bond donors (Lipinski definition) is 7. The van der Waals surface area contributed by atoms with Gasteiger partial charge in [0.1, 0.15) is 17.8 Å². The molecule has 0 unspecified atom stereocenters. The van der Waals surface area contributed by atoms with Gasteiger partial charge in [-0.15, -0.1) is 0 Å². The first kappa shape index (κ1) is 46.9. The zero-order valence-electron chi connectivity index (χ0n) is 34.4. The number of carbonyl (C=O) groups is 9. The molecule has 1 fully saturated rings. The van der Waals surface area contributed by atoms with E-state index in [0.717, 1.165) is 0 Å². The Labute approximate surface area is 342 Å². The van der Waals surface area contributed by atoms with Crippen LogP contribution in [0.4, 0.5) is 10.5 Å². The molecule has 320 valence electrons. The highest BCUT2D eigenvalue weighted by Crippen LogP contribution is 2.21. The standard InChI is InChI=1S/C39H55N11O9/c1-8-12-26(33(53)38(58)48-31(22(2)3)36(56)43-19-30(52)49(6)7)45-34(54)25-20-50(39(59)44-24-13-10-9-11-14-24)21-28(25)46-37(57)32(23(4)5)47-29(51)18-42-35(55)27-17-40-15-16-41-27/h9-11,13-17,22-23,25-26,28,31-32H,8,12,18-21H2,1-7H3,(H,42,55)(H,43,56)(H,44,59)(H,45,54)(H,46,57)(H,47,51)(H,48,58)/t25-,26+,28+,31+,32+/m1/s1. The van der Waals surface area contributed by atoms with Crippen LogP contribution in [-0.2, 0) is 33.6 Å². The highest BCUT2D eigenvalue weighted by Gasteiger charge is 2.43. The third kappa shape index (κ3) is 14.1. The number of aromatic nitrogens is 2. The van der Waals surface area contributed by atoms with Gasteiger partial charge in [0.2, 0.25) is 35.3 Å². The minimum atomic E-state index is -1.33. The molecule has 0 radical (unpaired) electrons. The van der Waals surface area contributed by atoms with Crippen molar-refractivity contribution in [3.63, 3.8) is 0 Å². The number of likely N-dealkylation sites (N-methyl/N-ethyl adjacent to an activating group) is 1. The van der Waals surface area contributed by atoms with Crippen LogP contribution in [0.15, 0.2) is 48.9 Å². The Hall–Kier alpha value is -6.47. The van der Waals surface area contributed by atoms with Crippen molar-refractivity contribution in [3.8, 4) is 0 Å². The van der Waals surface area contributed by atoms with Crippen molar-refractivity contribution >= 4 is 58.9 Å². The number of Topliss-reactive ketones (excluding diaryl/α,β-unsaturated/α-hetero) is 1. The Morgan fingerprint density at radius 2 is 1.47 bits per heavy atom. The summed E-state index contributed by atoms with van der Waals surface area (Å²) in [5.41, 5.74) is 0.475. The zero-order chi connectivity index (χ0) is 43.8. The first-order valence-corrected chi connectivity index (χ1v) is 19.3. The summed E-state index contributed by atoms with van der Waals surface area (Å²) in [6.07, 6.45) is 4.35. The van der Waals surface area contributed by atoms with Gasteiger partial charge in [-0.05, 0) is 30.4 Å². The number of nitrogens with zero attached hydrogens (tertiary/aromatic N) is 4. The number of likely N-dealkylation sites (tertiary alicyclic amines) is 1. The Balaban J connectivity index is 1.78. The zero-order valence-corrected chi connectivity index (χ0v) is 34.4. The van der Waals surface area contributed by atoms with E-state index < -0.39 is 95.7 Å². The van der Waals surface area contributed by atoms with Gasteiger partial charge in [-0.2, -0.15) is 0 Å². The van der Waals surface area contributed by atoms with Gasteiger partial charge < -0.3 is 47.0 Å². The molecule has 20 heteroatoms. The van der Waals surface area contributed by atoms with Gasteiger partial charge in [0.05, 0.1) is 37.3 Å². The first-order chi connectivity index (χ1) is 27.9. The minimum Gasteiger partial charge on any atom is -0.349 e. The number of nitrogens with one attached hydrogen (secondary N) is 7. The molecule has 1 aliphatic heterocycles. The molecule has 20 nitrogen and oxygen atoms in total. The van der Waals surface area contributed by atoms with Crippen molar-refractivity contribution in [1.82, 2.24) is 51.7 Å². The molecule has 1 aromatic carbocycles. The van der Waals surface area contributed by atoms with E-state index in [1.54, 1.807) is 65.0 Å². The molecule has 0 spiro atoms. The highest BCUT2D eigenvalue weighted by atomic mass is 16.2. The van der Waals surface area contributed by atoms with Crippen molar-refractivity contribution in [1.29, 1.82) is 0 Å². The Kier molecular flexibility index (Phi) is 17.9. The Morgan fingerprint density at radius 1 is 0.814 bits per heavy atom. The lowest BCUT2D eigenvalue weighted by Gasteiger charge is -2.27. The third-order valence-corrected chi connectivity index (χ3v) is 9.35. The number of rotatable bonds is 19. The largest absolute Gasteiger partial charge is 0.349 e. The van der Waals surface area contributed by atoms with E-state index in [9.17, 15) is 43.2 Å². The number of anilines is 1. The van der Waals surface area contributed by atoms with Crippen LogP contribution >= 0.6 is 0 Å². The fraction of sp³-hybridized carbons (Fsp3) is 0.513. The number of hydrogen-bond acceptors (Lipinski definition) is 11. The van der Waals surface area contributed by atoms with Crippen molar-refractivity contribution in [3.05, 3.63) is 54.6 Å². The van der Waals surface area contributed by atoms with Crippen LogP contribution in [-0.4, -0.2) is 137 Å². The van der Waals surface area contributed by atoms with Crippen LogP contribution in [0.3, 0.4) is 0 Å². The summed E-state index contributed by atoms with van der Waals surface area (Å²) in [5, 5.41) is 18.1. The molecule has 5 atom stereocenters. The molecule has 9 amide bonds. The quantitative estimate of drug-likeness (QED) is 0.0862. The van der Waals surface area contributed by atoms with Crippen molar-refractivity contribution in [2.45, 2.75) is 71.6 Å². The summed E-state index contributed by atoms with van der Waals surface area (Å²) in [5.74, 6) is -7.99. The average molecular weight is 822 g/mol. The lowest BCUT2D eigenvalue weighted by Crippen LogP contribution is -2.58. The second kappa shape index (κ2) is 22.5. The molecule has 1 saturated heterocycles. The van der Waals surface area contributed by atoms with Crippen LogP contribution in [0.2, 0.25) is 0 Å². The van der Waals surface area contributed by atoms with Crippen LogP contribution < -0.4 is 37.2 Å². The summed E-state index contributed by atoms with van der Waals surface area (Å²) in [4.78, 5) is 129. The maximum absolute atomic E-state index is 14.0. The molecule has 1 aliphatic rings. The summed E-state index contributed by atoms with van der Waals surface area (Å²) in [6, 6.07) is 3.36. The molecule has 7 N–H and O–H groups in total. The van der Waals surface area contributed by atoms with Crippen LogP contribution in [0, 0.1) is 17.8 Å². The monoisotopic (exact) mass is 821 g/mol. The number of urea groups is 1. The smallest absolute Gasteiger partial charge is 0.321 e. The summed E-state index contributed by atoms with van der Waals surface area (Å²) >= 11 is 0. The van der Waals surface area contributed by atoms with E-state index in [2.05, 4.69) is 47.2 Å². The molecule has 2 aromatic rings. The second-order valence-corrected chi connectivity index (χ2v) is 14.9. The normalized spacial score (nSPS) is 16.2. The van der Waals surface area contributed by atoms with Crippen LogP contribution in [0.25, 0.3) is 0 Å². The number of para-hydroxylation sites is 1. The fourth-order valence-electron chi connectivity index (χ4n) is 5.98. The summed E-state index contributed by atoms with van der Waals surface area (Å²) in [6.45, 7) is 7.29. The molecule has 59 heavy (non-hydrogen) atoms. The van der Waals surface area contributed by atoms with Crippen molar-refractivity contribution in [2.75, 3.05) is 45.6 Å². The van der Waals surface area contributed by atoms with Gasteiger partial charge in [-0.25, -0.2) is 9.78 Å². The second-order valence-electron chi connectivity index (χ2n) is 14.9. The molecule has 0 aliphatic carbocycles. The molecule has 1 aromatic heterocycles. The van der Waals surface area contributed by atoms with Gasteiger partial charge in [0.25, 0.3) is 11.8 Å². The SMILES string of the molecule is CCC[C@H](NC(=O)[C@@H]1CN(C(=O)Nc2ccccc2)C[C@@H]1NC(=O)[C@@H](NC(=O)CNC(=O)c1cnccn1)C(C)C)C(=O)C(=O)N[C@H](C(=O)NCC(=O)N(C)C)C(C)C. The van der Waals surface area contributed by atoms with E-state index in [1.807, 2.05) is 0 Å². The fourth-order valence-corrected chi connectivity index (χ4v) is 5.98. The van der Waals surface area contributed by atoms with E-state index in [1.165, 1.54) is 42.5 Å². The lowest BCUT2D eigenvalue weighted by molar-refractivity contribution is -0.142. The molecular weight excluding hydrogens is 766 g/mol. The minimum absolute atomic E-state index is 0.00887. The van der Waals surface area contributed by atoms with Crippen LogP contribution in [0.1, 0.15) is 57.9 Å². The van der Waals surface area contributed by atoms with Gasteiger partial charge in [0, 0.05) is 45.3 Å². The number of ketones is 1. The molecule has 3 rings (SSSR count). The molecule has 2 heterocycles. The predicted molar refractivity (Wildman–Crippen MR) is 214 cm³/mol. The lowest BCUT2D eigenvalue weighted by atomic mass is 9.98. The van der Waals surface area contributed by atoms with Gasteiger partial charge in [0.15, 0.2) is 0 Å². The highest BCUT2D eigenvalue weighted by molar-refractivity contribution is 6.38. The first-order valence-electron chi connectivity index (χ1n) is 19.3. The van der Waals surface area contributed by atoms with Crippen molar-refractivity contribution < 1.29 is 43.2 Å². The maximum Gasteiger partial charge on any atom is 0.321 e. The third-order valence-electron chi connectivity index (χ3n) is 9.35. The molecule has 0 bridgehead atoms. The summed E-state index contributed by atoms with van der Waals surface area (Å²) < 4.78 is 0. The Bertz CT molecular complexity index is 1830. The Morgan fingerprint density at radius 3 is 2.07 bits per heavy atom. The topological polar surface area (TPSA) is 270 Å². The van der Waals surface area contributed by atoms with E-state index in [-0.39, 0.29) is 37.7 Å². The predicted octanol–water partition coefficient (Wildman–Crippen LogP) is -0.805. The van der Waals surface area contributed by atoms with E-state index >= 15 is 0 Å². The number of carbonyl (C=O) groups excluding carboxylic acids is 9. The molecular formula is C39H55N11O9. The molecule has 0 saturated carbocycles. The maximum atomic E-state index is 14.0.